The summed E-state index contributed by atoms with van der Waals surface area (Å²) in [5.41, 5.74) is 0.836. The lowest BCUT2D eigenvalue weighted by Crippen LogP contribution is -2.33. The number of rotatable bonds is 5. The minimum Gasteiger partial charge on any atom is -0.349 e. The topological polar surface area (TPSA) is 54.9 Å². The maximum Gasteiger partial charge on any atom is 0.233 e. The Bertz CT molecular complexity index is 678. The SMILES string of the molecule is Cc1nnc(S[C@@H](C)C(=O)N[C@@H](C)c2ccc(Cl)cc2Cl)s1. The van der Waals surface area contributed by atoms with Gasteiger partial charge < -0.3 is 5.32 Å². The zero-order valence-electron chi connectivity index (χ0n) is 12.3. The monoisotopic (exact) mass is 375 g/mol. The predicted molar refractivity (Wildman–Crippen MR) is 93.0 cm³/mol. The summed E-state index contributed by atoms with van der Waals surface area (Å²) in [6.07, 6.45) is 0. The molecule has 2 aromatic rings. The fraction of sp³-hybridized carbons (Fsp3) is 0.357. The molecular formula is C14H15Cl2N3OS2. The molecule has 0 fully saturated rings. The highest BCUT2D eigenvalue weighted by atomic mass is 35.5. The Labute approximate surface area is 147 Å². The van der Waals surface area contributed by atoms with Gasteiger partial charge in [-0.3, -0.25) is 4.79 Å². The Morgan fingerprint density at radius 2 is 2.05 bits per heavy atom. The third kappa shape index (κ3) is 4.59. The number of hydrogen-bond acceptors (Lipinski definition) is 5. The zero-order chi connectivity index (χ0) is 16.3. The van der Waals surface area contributed by atoms with Crippen molar-refractivity contribution in [3.8, 4) is 0 Å². The van der Waals surface area contributed by atoms with E-state index < -0.39 is 0 Å². The predicted octanol–water partition coefficient (Wildman–Crippen LogP) is 4.51. The van der Waals surface area contributed by atoms with Crippen molar-refractivity contribution in [1.82, 2.24) is 15.5 Å². The molecule has 118 valence electrons. The van der Waals surface area contributed by atoms with E-state index in [1.54, 1.807) is 12.1 Å². The van der Waals surface area contributed by atoms with Gasteiger partial charge in [0.05, 0.1) is 11.3 Å². The van der Waals surface area contributed by atoms with Gasteiger partial charge in [0.2, 0.25) is 5.91 Å². The van der Waals surface area contributed by atoms with Crippen molar-refractivity contribution < 1.29 is 4.79 Å². The highest BCUT2D eigenvalue weighted by Crippen LogP contribution is 2.28. The molecule has 0 aliphatic rings. The summed E-state index contributed by atoms with van der Waals surface area (Å²) in [6.45, 7) is 5.61. The van der Waals surface area contributed by atoms with Crippen molar-refractivity contribution in [3.63, 3.8) is 0 Å². The summed E-state index contributed by atoms with van der Waals surface area (Å²) in [6, 6.07) is 5.05. The first kappa shape index (κ1) is 17.5. The number of carbonyl (C=O) groups is 1. The third-order valence-electron chi connectivity index (χ3n) is 2.94. The lowest BCUT2D eigenvalue weighted by molar-refractivity contribution is -0.120. The quantitative estimate of drug-likeness (QED) is 0.780. The van der Waals surface area contributed by atoms with Crippen LogP contribution in [0.2, 0.25) is 10.0 Å². The van der Waals surface area contributed by atoms with E-state index in [2.05, 4.69) is 15.5 Å². The van der Waals surface area contributed by atoms with Crippen molar-refractivity contribution in [3.05, 3.63) is 38.8 Å². The van der Waals surface area contributed by atoms with E-state index in [-0.39, 0.29) is 17.2 Å². The van der Waals surface area contributed by atoms with E-state index in [0.29, 0.717) is 10.0 Å². The highest BCUT2D eigenvalue weighted by Gasteiger charge is 2.20. The molecule has 1 aromatic heterocycles. The van der Waals surface area contributed by atoms with Crippen LogP contribution in [0.3, 0.4) is 0 Å². The molecule has 0 aliphatic heterocycles. The molecule has 0 aliphatic carbocycles. The lowest BCUT2D eigenvalue weighted by Gasteiger charge is -2.18. The van der Waals surface area contributed by atoms with Crippen molar-refractivity contribution in [2.24, 2.45) is 0 Å². The first-order chi connectivity index (χ1) is 10.4. The van der Waals surface area contributed by atoms with Crippen LogP contribution in [0, 0.1) is 6.92 Å². The Kier molecular flexibility index (Phi) is 6.09. The molecule has 4 nitrogen and oxygen atoms in total. The van der Waals surface area contributed by atoms with Crippen molar-refractivity contribution in [2.45, 2.75) is 36.4 Å². The number of thioether (sulfide) groups is 1. The van der Waals surface area contributed by atoms with E-state index in [1.165, 1.54) is 23.1 Å². The number of hydrogen-bond donors (Lipinski definition) is 1. The second-order valence-electron chi connectivity index (χ2n) is 4.74. The molecule has 0 unspecified atom stereocenters. The van der Waals surface area contributed by atoms with E-state index in [1.807, 2.05) is 26.8 Å². The average molecular weight is 376 g/mol. The van der Waals surface area contributed by atoms with Crippen LogP contribution in [0.4, 0.5) is 0 Å². The highest BCUT2D eigenvalue weighted by molar-refractivity contribution is 8.02. The normalized spacial score (nSPS) is 13.7. The lowest BCUT2D eigenvalue weighted by atomic mass is 10.1. The van der Waals surface area contributed by atoms with Crippen LogP contribution in [0.15, 0.2) is 22.5 Å². The van der Waals surface area contributed by atoms with Crippen molar-refractivity contribution in [2.75, 3.05) is 0 Å². The molecule has 2 rings (SSSR count). The van der Waals surface area contributed by atoms with Gasteiger partial charge >= 0.3 is 0 Å². The summed E-state index contributed by atoms with van der Waals surface area (Å²) in [4.78, 5) is 12.3. The first-order valence-electron chi connectivity index (χ1n) is 6.59. The van der Waals surface area contributed by atoms with E-state index in [9.17, 15) is 4.79 Å². The van der Waals surface area contributed by atoms with Crippen LogP contribution < -0.4 is 5.32 Å². The summed E-state index contributed by atoms with van der Waals surface area (Å²) in [5, 5.41) is 12.6. The summed E-state index contributed by atoms with van der Waals surface area (Å²) < 4.78 is 0.789. The van der Waals surface area contributed by atoms with Crippen LogP contribution in [0.1, 0.15) is 30.5 Å². The van der Waals surface area contributed by atoms with Gasteiger partial charge in [0.1, 0.15) is 5.01 Å². The summed E-state index contributed by atoms with van der Waals surface area (Å²) in [5.74, 6) is -0.0728. The van der Waals surface area contributed by atoms with E-state index in [0.717, 1.165) is 14.9 Å². The molecule has 2 atom stereocenters. The molecule has 1 heterocycles. The van der Waals surface area contributed by atoms with E-state index >= 15 is 0 Å². The zero-order valence-corrected chi connectivity index (χ0v) is 15.4. The molecule has 1 N–H and O–H groups in total. The molecule has 0 radical (unpaired) electrons. The van der Waals surface area contributed by atoms with Gasteiger partial charge in [-0.1, -0.05) is 52.4 Å². The number of benzene rings is 1. The minimum atomic E-state index is -0.263. The molecule has 1 amide bonds. The molecule has 22 heavy (non-hydrogen) atoms. The van der Waals surface area contributed by atoms with Gasteiger partial charge in [-0.05, 0) is 38.5 Å². The van der Waals surface area contributed by atoms with Gasteiger partial charge in [0.15, 0.2) is 4.34 Å². The van der Waals surface area contributed by atoms with Gasteiger partial charge in [-0.15, -0.1) is 10.2 Å². The molecular weight excluding hydrogens is 361 g/mol. The fourth-order valence-electron chi connectivity index (χ4n) is 1.79. The number of aryl methyl sites for hydroxylation is 1. The molecule has 0 bridgehead atoms. The summed E-state index contributed by atoms with van der Waals surface area (Å²) >= 11 is 14.9. The number of carbonyl (C=O) groups excluding carboxylic acids is 1. The van der Waals surface area contributed by atoms with Crippen LogP contribution in [-0.2, 0) is 4.79 Å². The Balaban J connectivity index is 1.98. The number of halogens is 2. The van der Waals surface area contributed by atoms with Gasteiger partial charge in [-0.2, -0.15) is 0 Å². The maximum absolute atomic E-state index is 12.3. The van der Waals surface area contributed by atoms with Crippen molar-refractivity contribution in [1.29, 1.82) is 0 Å². The standard InChI is InChI=1S/C14H15Cl2N3OS2/c1-7(11-5-4-10(15)6-12(11)16)17-13(20)8(2)21-14-19-18-9(3)22-14/h4-8H,1-3H3,(H,17,20)/t7-,8-/m0/s1. The third-order valence-corrected chi connectivity index (χ3v) is 5.53. The Morgan fingerprint density at radius 1 is 1.32 bits per heavy atom. The number of nitrogens with one attached hydrogen (secondary N) is 1. The molecule has 0 saturated carbocycles. The Hall–Kier alpha value is -0.820. The number of nitrogens with zero attached hydrogens (tertiary/aromatic N) is 2. The molecule has 0 saturated heterocycles. The van der Waals surface area contributed by atoms with Crippen molar-refractivity contribution >= 4 is 52.2 Å². The van der Waals surface area contributed by atoms with Gasteiger partial charge in [-0.25, -0.2) is 0 Å². The molecule has 1 aromatic carbocycles. The number of aromatic nitrogens is 2. The largest absolute Gasteiger partial charge is 0.349 e. The van der Waals surface area contributed by atoms with Gasteiger partial charge in [0, 0.05) is 10.0 Å². The smallest absolute Gasteiger partial charge is 0.233 e. The molecule has 8 heteroatoms. The maximum atomic E-state index is 12.3. The fourth-order valence-corrected chi connectivity index (χ4v) is 4.33. The minimum absolute atomic E-state index is 0.0728. The first-order valence-corrected chi connectivity index (χ1v) is 9.04. The Morgan fingerprint density at radius 3 is 2.64 bits per heavy atom. The van der Waals surface area contributed by atoms with Crippen LogP contribution in [-0.4, -0.2) is 21.4 Å². The van der Waals surface area contributed by atoms with Crippen LogP contribution in [0.5, 0.6) is 0 Å². The van der Waals surface area contributed by atoms with E-state index in [4.69, 9.17) is 23.2 Å². The van der Waals surface area contributed by atoms with Crippen LogP contribution >= 0.6 is 46.3 Å². The number of amides is 1. The summed E-state index contributed by atoms with van der Waals surface area (Å²) in [7, 11) is 0. The van der Waals surface area contributed by atoms with Gasteiger partial charge in [0.25, 0.3) is 0 Å². The molecule has 0 spiro atoms. The average Bonchev–Trinajstić information content (AvgIpc) is 2.83. The van der Waals surface area contributed by atoms with Crippen LogP contribution in [0.25, 0.3) is 0 Å². The second-order valence-corrected chi connectivity index (χ2v) is 8.36. The second kappa shape index (κ2) is 7.64.